The molecule has 1 fully saturated rings. The number of nitrogens with zero attached hydrogens (tertiary/aromatic N) is 1. The van der Waals surface area contributed by atoms with Gasteiger partial charge in [0.15, 0.2) is 18.1 Å². The van der Waals surface area contributed by atoms with Crippen molar-refractivity contribution < 1.29 is 33.4 Å². The van der Waals surface area contributed by atoms with Gasteiger partial charge in [0.05, 0.1) is 18.9 Å². The zero-order valence-corrected chi connectivity index (χ0v) is 18.5. The van der Waals surface area contributed by atoms with E-state index in [1.807, 2.05) is 6.92 Å². The number of amides is 4. The molecule has 0 bridgehead atoms. The minimum absolute atomic E-state index is 0.210. The van der Waals surface area contributed by atoms with Crippen molar-refractivity contribution in [3.63, 3.8) is 0 Å². The fraction of sp³-hybridized carbons (Fsp3) is 0.250. The number of aryl methyl sites for hydroxylation is 1. The average molecular weight is 452 g/mol. The van der Waals surface area contributed by atoms with E-state index in [1.165, 1.54) is 6.08 Å². The molecule has 0 atom stereocenters. The molecule has 0 saturated carbocycles. The highest BCUT2D eigenvalue weighted by Gasteiger charge is 2.36. The van der Waals surface area contributed by atoms with E-state index in [0.29, 0.717) is 29.4 Å². The number of urea groups is 1. The summed E-state index contributed by atoms with van der Waals surface area (Å²) in [4.78, 5) is 50.2. The third-order valence-electron chi connectivity index (χ3n) is 4.62. The quantitative estimate of drug-likeness (QED) is 0.372. The Kier molecular flexibility index (Phi) is 7.45. The number of anilines is 1. The van der Waals surface area contributed by atoms with Gasteiger partial charge in [-0.25, -0.2) is 14.5 Å². The lowest BCUT2D eigenvalue weighted by molar-refractivity contribution is -0.145. The number of benzene rings is 2. The molecule has 9 heteroatoms. The van der Waals surface area contributed by atoms with Crippen molar-refractivity contribution in [2.75, 3.05) is 24.7 Å². The third-order valence-corrected chi connectivity index (χ3v) is 4.62. The number of barbiturate groups is 1. The molecule has 3 rings (SSSR count). The molecule has 4 amide bonds. The molecule has 1 N–H and O–H groups in total. The molecule has 0 spiro atoms. The highest BCUT2D eigenvalue weighted by molar-refractivity contribution is 6.39. The molecule has 1 aliphatic heterocycles. The average Bonchev–Trinajstić information content (AvgIpc) is 2.77. The minimum Gasteiger partial charge on any atom is -0.490 e. The van der Waals surface area contributed by atoms with E-state index < -0.39 is 23.8 Å². The molecular weight excluding hydrogens is 428 g/mol. The zero-order valence-electron chi connectivity index (χ0n) is 18.5. The first kappa shape index (κ1) is 23.5. The van der Waals surface area contributed by atoms with Gasteiger partial charge in [-0.3, -0.25) is 14.9 Å². The van der Waals surface area contributed by atoms with Crippen molar-refractivity contribution in [3.05, 3.63) is 59.2 Å². The van der Waals surface area contributed by atoms with Gasteiger partial charge < -0.3 is 14.2 Å². The van der Waals surface area contributed by atoms with Crippen LogP contribution in [0.3, 0.4) is 0 Å². The van der Waals surface area contributed by atoms with Gasteiger partial charge in [-0.05, 0) is 56.7 Å². The molecule has 1 saturated heterocycles. The second-order valence-corrected chi connectivity index (χ2v) is 7.03. The van der Waals surface area contributed by atoms with E-state index in [2.05, 4.69) is 5.32 Å². The van der Waals surface area contributed by atoms with Crippen molar-refractivity contribution in [1.82, 2.24) is 5.32 Å². The maximum atomic E-state index is 13.0. The number of imide groups is 2. The summed E-state index contributed by atoms with van der Waals surface area (Å²) in [7, 11) is 0. The summed E-state index contributed by atoms with van der Waals surface area (Å²) in [5.74, 6) is -1.42. The zero-order chi connectivity index (χ0) is 24.0. The van der Waals surface area contributed by atoms with Crippen LogP contribution in [0.1, 0.15) is 25.0 Å². The second-order valence-electron chi connectivity index (χ2n) is 7.03. The molecule has 0 aliphatic carbocycles. The first-order chi connectivity index (χ1) is 15.8. The number of rotatable bonds is 8. The monoisotopic (exact) mass is 452 g/mol. The number of esters is 1. The van der Waals surface area contributed by atoms with Crippen LogP contribution < -0.4 is 19.7 Å². The minimum atomic E-state index is -0.816. The molecule has 2 aromatic carbocycles. The lowest BCUT2D eigenvalue weighted by Gasteiger charge is -2.26. The van der Waals surface area contributed by atoms with Gasteiger partial charge in [0.25, 0.3) is 11.8 Å². The highest BCUT2D eigenvalue weighted by atomic mass is 16.6. The van der Waals surface area contributed by atoms with Gasteiger partial charge in [-0.15, -0.1) is 0 Å². The Hall–Kier alpha value is -4.14. The number of nitrogens with one attached hydrogen (secondary N) is 1. The van der Waals surface area contributed by atoms with E-state index in [0.717, 1.165) is 10.5 Å². The van der Waals surface area contributed by atoms with Gasteiger partial charge >= 0.3 is 12.0 Å². The van der Waals surface area contributed by atoms with Crippen LogP contribution in [-0.2, 0) is 19.1 Å². The summed E-state index contributed by atoms with van der Waals surface area (Å²) in [6.45, 7) is 5.64. The number of carbonyl (C=O) groups excluding carboxylic acids is 4. The topological polar surface area (TPSA) is 111 Å². The lowest BCUT2D eigenvalue weighted by atomic mass is 10.1. The van der Waals surface area contributed by atoms with Gasteiger partial charge in [-0.2, -0.15) is 0 Å². The van der Waals surface area contributed by atoms with Gasteiger partial charge in [0.1, 0.15) is 5.57 Å². The summed E-state index contributed by atoms with van der Waals surface area (Å²) < 4.78 is 15.9. The first-order valence-corrected chi connectivity index (χ1v) is 10.4. The van der Waals surface area contributed by atoms with Crippen LogP contribution in [0.4, 0.5) is 10.5 Å². The number of ether oxygens (including phenoxy) is 3. The molecule has 172 valence electrons. The van der Waals surface area contributed by atoms with Crippen LogP contribution >= 0.6 is 0 Å². The number of carbonyl (C=O) groups is 4. The van der Waals surface area contributed by atoms with Crippen LogP contribution in [-0.4, -0.2) is 43.6 Å². The number of hydrogen-bond acceptors (Lipinski definition) is 7. The fourth-order valence-electron chi connectivity index (χ4n) is 3.09. The molecule has 33 heavy (non-hydrogen) atoms. The third kappa shape index (κ3) is 5.57. The van der Waals surface area contributed by atoms with Crippen molar-refractivity contribution in [1.29, 1.82) is 0 Å². The summed E-state index contributed by atoms with van der Waals surface area (Å²) in [5.41, 5.74) is 1.57. The lowest BCUT2D eigenvalue weighted by Crippen LogP contribution is -2.54. The molecule has 1 heterocycles. The molecular formula is C24H24N2O7. The Bertz CT molecular complexity index is 1110. The predicted molar refractivity (Wildman–Crippen MR) is 120 cm³/mol. The number of hydrogen-bond donors (Lipinski definition) is 1. The Morgan fingerprint density at radius 2 is 1.70 bits per heavy atom. The Morgan fingerprint density at radius 1 is 0.970 bits per heavy atom. The van der Waals surface area contributed by atoms with E-state index in [4.69, 9.17) is 14.2 Å². The molecule has 2 aromatic rings. The normalized spacial score (nSPS) is 14.8. The summed E-state index contributed by atoms with van der Waals surface area (Å²) in [5, 5.41) is 2.19. The summed E-state index contributed by atoms with van der Waals surface area (Å²) >= 11 is 0. The van der Waals surface area contributed by atoms with Crippen LogP contribution in [0.25, 0.3) is 6.08 Å². The predicted octanol–water partition coefficient (Wildman–Crippen LogP) is 3.00. The van der Waals surface area contributed by atoms with Crippen molar-refractivity contribution in [2.45, 2.75) is 20.8 Å². The largest absolute Gasteiger partial charge is 0.490 e. The first-order valence-electron chi connectivity index (χ1n) is 10.4. The van der Waals surface area contributed by atoms with Crippen molar-refractivity contribution >= 4 is 35.6 Å². The van der Waals surface area contributed by atoms with Gasteiger partial charge in [0, 0.05) is 0 Å². The van der Waals surface area contributed by atoms with E-state index in [1.54, 1.807) is 56.3 Å². The van der Waals surface area contributed by atoms with Gasteiger partial charge in [-0.1, -0.05) is 23.8 Å². The smallest absolute Gasteiger partial charge is 0.344 e. The second kappa shape index (κ2) is 10.4. The highest BCUT2D eigenvalue weighted by Crippen LogP contribution is 2.30. The maximum absolute atomic E-state index is 13.0. The Labute approximate surface area is 190 Å². The van der Waals surface area contributed by atoms with E-state index >= 15 is 0 Å². The van der Waals surface area contributed by atoms with E-state index in [9.17, 15) is 19.2 Å². The molecule has 0 unspecified atom stereocenters. The molecule has 9 nitrogen and oxygen atoms in total. The van der Waals surface area contributed by atoms with Crippen LogP contribution in [0.2, 0.25) is 0 Å². The van der Waals surface area contributed by atoms with Crippen LogP contribution in [0.5, 0.6) is 11.5 Å². The van der Waals surface area contributed by atoms with E-state index in [-0.39, 0.29) is 18.8 Å². The molecule has 0 radical (unpaired) electrons. The molecule has 1 aliphatic rings. The summed E-state index contributed by atoms with van der Waals surface area (Å²) in [6.07, 6.45) is 1.36. The SMILES string of the molecule is CCOC(=O)COc1ccc(/C=C2\C(=O)NC(=O)N(c3ccc(C)cc3)C2=O)cc1OCC. The van der Waals surface area contributed by atoms with Gasteiger partial charge in [0.2, 0.25) is 0 Å². The van der Waals surface area contributed by atoms with Crippen LogP contribution in [0.15, 0.2) is 48.0 Å². The Balaban J connectivity index is 1.89. The standard InChI is InChI=1S/C24H24N2O7/c1-4-31-20-13-16(8-11-19(20)33-14-21(27)32-5-2)12-18-22(28)25-24(30)26(23(18)29)17-9-6-15(3)7-10-17/h6-13H,4-5,14H2,1-3H3,(H,25,28,30)/b18-12+. The Morgan fingerprint density at radius 3 is 2.36 bits per heavy atom. The fourth-order valence-corrected chi connectivity index (χ4v) is 3.09. The van der Waals surface area contributed by atoms with Crippen molar-refractivity contribution in [3.8, 4) is 11.5 Å². The maximum Gasteiger partial charge on any atom is 0.344 e. The summed E-state index contributed by atoms with van der Waals surface area (Å²) in [6, 6.07) is 10.7. The van der Waals surface area contributed by atoms with Crippen molar-refractivity contribution in [2.24, 2.45) is 0 Å². The van der Waals surface area contributed by atoms with Crippen LogP contribution in [0, 0.1) is 6.92 Å². The molecule has 0 aromatic heterocycles.